The van der Waals surface area contributed by atoms with Crippen molar-refractivity contribution >= 4 is 52.2 Å². The molecular weight excluding hydrogens is 560 g/mol. The van der Waals surface area contributed by atoms with Gasteiger partial charge in [0.25, 0.3) is 11.1 Å². The summed E-state index contributed by atoms with van der Waals surface area (Å²) in [6.07, 6.45) is 3.89. The number of para-hydroxylation sites is 1. The Hall–Kier alpha value is -4.01. The first-order valence-electron chi connectivity index (χ1n) is 13.1. The van der Waals surface area contributed by atoms with Gasteiger partial charge in [0.2, 0.25) is 5.91 Å². The van der Waals surface area contributed by atoms with Crippen molar-refractivity contribution in [3.8, 4) is 11.5 Å². The zero-order valence-electron chi connectivity index (χ0n) is 23.2. The van der Waals surface area contributed by atoms with Crippen LogP contribution in [-0.4, -0.2) is 35.1 Å². The third-order valence-electron chi connectivity index (χ3n) is 6.33. The average Bonchev–Trinajstić information content (AvgIpc) is 3.19. The molecule has 0 aromatic heterocycles. The van der Waals surface area contributed by atoms with Gasteiger partial charge in [-0.15, -0.1) is 6.58 Å². The van der Waals surface area contributed by atoms with E-state index in [1.165, 1.54) is 0 Å². The van der Waals surface area contributed by atoms with Gasteiger partial charge in [-0.05, 0) is 91.5 Å². The Bertz CT molecular complexity index is 1500. The molecule has 0 unspecified atom stereocenters. The van der Waals surface area contributed by atoms with Crippen molar-refractivity contribution in [3.63, 3.8) is 0 Å². The maximum atomic E-state index is 13.2. The zero-order chi connectivity index (χ0) is 29.5. The zero-order valence-corrected chi connectivity index (χ0v) is 24.7. The second-order valence-corrected chi connectivity index (χ2v) is 10.9. The second kappa shape index (κ2) is 13.6. The van der Waals surface area contributed by atoms with Gasteiger partial charge in [0.1, 0.15) is 13.2 Å². The molecule has 1 saturated heterocycles. The number of carbonyl (C=O) groups excluding carboxylic acids is 3. The molecular formula is C32H31ClN2O5S. The second-order valence-electron chi connectivity index (χ2n) is 9.43. The third-order valence-corrected chi connectivity index (χ3v) is 7.49. The van der Waals surface area contributed by atoms with Crippen LogP contribution in [0, 0.1) is 13.8 Å². The summed E-state index contributed by atoms with van der Waals surface area (Å²) in [6, 6.07) is 16.7. The maximum absolute atomic E-state index is 13.2. The highest BCUT2D eigenvalue weighted by molar-refractivity contribution is 8.18. The van der Waals surface area contributed by atoms with E-state index in [1.54, 1.807) is 30.4 Å². The van der Waals surface area contributed by atoms with Crippen molar-refractivity contribution in [3.05, 3.63) is 105 Å². The molecule has 1 aliphatic rings. The SMILES string of the molecule is C=CCc1cc(/C=C2\SC(=O)N(CC(=O)Nc3c(C)cccc3C)C2=O)cc(OCC)c1OCc1ccc(Cl)cc1. The van der Waals surface area contributed by atoms with Crippen LogP contribution in [0.15, 0.2) is 72.2 Å². The Labute approximate surface area is 249 Å². The number of thioether (sulfide) groups is 1. The molecule has 3 aromatic rings. The van der Waals surface area contributed by atoms with Crippen molar-refractivity contribution in [1.29, 1.82) is 0 Å². The lowest BCUT2D eigenvalue weighted by Crippen LogP contribution is -2.36. The molecule has 1 fully saturated rings. The van der Waals surface area contributed by atoms with Crippen LogP contribution in [-0.2, 0) is 22.6 Å². The molecule has 41 heavy (non-hydrogen) atoms. The van der Waals surface area contributed by atoms with E-state index in [4.69, 9.17) is 21.1 Å². The van der Waals surface area contributed by atoms with Gasteiger partial charge in [-0.2, -0.15) is 0 Å². The smallest absolute Gasteiger partial charge is 0.294 e. The number of hydrogen-bond donors (Lipinski definition) is 1. The number of carbonyl (C=O) groups is 3. The molecule has 9 heteroatoms. The molecule has 0 atom stereocenters. The van der Waals surface area contributed by atoms with Gasteiger partial charge in [-0.25, -0.2) is 0 Å². The van der Waals surface area contributed by atoms with Gasteiger partial charge in [-0.3, -0.25) is 19.3 Å². The lowest BCUT2D eigenvalue weighted by atomic mass is 10.0. The Morgan fingerprint density at radius 2 is 1.78 bits per heavy atom. The Morgan fingerprint density at radius 3 is 2.44 bits per heavy atom. The summed E-state index contributed by atoms with van der Waals surface area (Å²) in [5, 5.41) is 2.97. The molecule has 0 saturated carbocycles. The minimum atomic E-state index is -0.525. The number of anilines is 1. The van der Waals surface area contributed by atoms with E-state index in [2.05, 4.69) is 11.9 Å². The molecule has 1 N–H and O–H groups in total. The van der Waals surface area contributed by atoms with E-state index in [9.17, 15) is 14.4 Å². The van der Waals surface area contributed by atoms with Crippen molar-refractivity contribution in [2.24, 2.45) is 0 Å². The third kappa shape index (κ3) is 7.39. The van der Waals surface area contributed by atoms with E-state index in [1.807, 2.05) is 57.2 Å². The predicted octanol–water partition coefficient (Wildman–Crippen LogP) is 7.34. The van der Waals surface area contributed by atoms with Crippen molar-refractivity contribution < 1.29 is 23.9 Å². The first-order chi connectivity index (χ1) is 19.7. The number of halogens is 1. The van der Waals surface area contributed by atoms with Crippen LogP contribution >= 0.6 is 23.4 Å². The van der Waals surface area contributed by atoms with Crippen LogP contribution in [0.1, 0.15) is 34.7 Å². The minimum absolute atomic E-state index is 0.219. The van der Waals surface area contributed by atoms with E-state index in [-0.39, 0.29) is 11.4 Å². The highest BCUT2D eigenvalue weighted by Gasteiger charge is 2.36. The van der Waals surface area contributed by atoms with E-state index < -0.39 is 17.1 Å². The fourth-order valence-electron chi connectivity index (χ4n) is 4.36. The van der Waals surface area contributed by atoms with E-state index >= 15 is 0 Å². The number of rotatable bonds is 11. The number of allylic oxidation sites excluding steroid dienone is 1. The summed E-state index contributed by atoms with van der Waals surface area (Å²) < 4.78 is 12.1. The van der Waals surface area contributed by atoms with E-state index in [0.717, 1.165) is 38.9 Å². The topological polar surface area (TPSA) is 84.9 Å². The number of benzene rings is 3. The molecule has 7 nitrogen and oxygen atoms in total. The van der Waals surface area contributed by atoms with Gasteiger partial charge >= 0.3 is 0 Å². The molecule has 4 rings (SSSR count). The summed E-state index contributed by atoms with van der Waals surface area (Å²) in [6.45, 7) is 9.84. The normalized spacial score (nSPS) is 14.0. The summed E-state index contributed by atoms with van der Waals surface area (Å²) in [4.78, 5) is 39.8. The van der Waals surface area contributed by atoms with Gasteiger partial charge in [0, 0.05) is 16.3 Å². The Balaban J connectivity index is 1.55. The molecule has 212 valence electrons. The number of nitrogens with one attached hydrogen (secondary N) is 1. The standard InChI is InChI=1S/C32H31ClN2O5S/c1-5-8-24-15-23(16-26(39-6-2)30(24)40-19-22-11-13-25(33)14-12-22)17-27-31(37)35(32(38)41-27)18-28(36)34-29-20(3)9-7-10-21(29)4/h5,7,9-17H,1,6,8,18-19H2,2-4H3,(H,34,36)/b27-17-. The van der Waals surface area contributed by atoms with Gasteiger partial charge in [-0.1, -0.05) is 48.0 Å². The van der Waals surface area contributed by atoms with Gasteiger partial charge in [0.15, 0.2) is 11.5 Å². The summed E-state index contributed by atoms with van der Waals surface area (Å²) in [5.74, 6) is 0.123. The van der Waals surface area contributed by atoms with Gasteiger partial charge < -0.3 is 14.8 Å². The fraction of sp³-hybridized carbons (Fsp3) is 0.219. The predicted molar refractivity (Wildman–Crippen MR) is 165 cm³/mol. The molecule has 0 radical (unpaired) electrons. The van der Waals surface area contributed by atoms with Crippen molar-refractivity contribution in [2.45, 2.75) is 33.8 Å². The van der Waals surface area contributed by atoms with Crippen LogP contribution in [0.4, 0.5) is 10.5 Å². The molecule has 1 heterocycles. The summed E-state index contributed by atoms with van der Waals surface area (Å²) in [7, 11) is 0. The Kier molecular flexibility index (Phi) is 9.91. The largest absolute Gasteiger partial charge is 0.490 e. The maximum Gasteiger partial charge on any atom is 0.294 e. The molecule has 0 aliphatic carbocycles. The lowest BCUT2D eigenvalue weighted by molar-refractivity contribution is -0.127. The van der Waals surface area contributed by atoms with Crippen molar-refractivity contribution in [1.82, 2.24) is 4.90 Å². The highest BCUT2D eigenvalue weighted by Crippen LogP contribution is 2.38. The Morgan fingerprint density at radius 1 is 1.07 bits per heavy atom. The van der Waals surface area contributed by atoms with Crippen LogP contribution < -0.4 is 14.8 Å². The first-order valence-corrected chi connectivity index (χ1v) is 14.3. The lowest BCUT2D eigenvalue weighted by Gasteiger charge is -2.17. The van der Waals surface area contributed by atoms with Crippen LogP contribution in [0.3, 0.4) is 0 Å². The number of hydrogen-bond acceptors (Lipinski definition) is 6. The molecule has 0 bridgehead atoms. The number of imide groups is 1. The number of nitrogens with zero attached hydrogens (tertiary/aromatic N) is 1. The summed E-state index contributed by atoms with van der Waals surface area (Å²) >= 11 is 6.80. The molecule has 3 amide bonds. The number of amides is 3. The number of ether oxygens (including phenoxy) is 2. The fourth-order valence-corrected chi connectivity index (χ4v) is 5.32. The highest BCUT2D eigenvalue weighted by atomic mass is 35.5. The molecule has 3 aromatic carbocycles. The van der Waals surface area contributed by atoms with Crippen LogP contribution in [0.5, 0.6) is 11.5 Å². The molecule has 0 spiro atoms. The van der Waals surface area contributed by atoms with Gasteiger partial charge in [0.05, 0.1) is 11.5 Å². The molecule has 1 aliphatic heterocycles. The van der Waals surface area contributed by atoms with E-state index in [0.29, 0.717) is 47.4 Å². The quantitative estimate of drug-likeness (QED) is 0.186. The number of aryl methyl sites for hydroxylation is 2. The minimum Gasteiger partial charge on any atom is -0.490 e. The first kappa shape index (κ1) is 30.0. The van der Waals surface area contributed by atoms with Crippen LogP contribution in [0.25, 0.3) is 6.08 Å². The monoisotopic (exact) mass is 590 g/mol. The average molecular weight is 591 g/mol. The summed E-state index contributed by atoms with van der Waals surface area (Å²) in [5.41, 5.74) is 4.90. The van der Waals surface area contributed by atoms with Crippen molar-refractivity contribution in [2.75, 3.05) is 18.5 Å². The van der Waals surface area contributed by atoms with Crippen LogP contribution in [0.2, 0.25) is 5.02 Å².